The van der Waals surface area contributed by atoms with E-state index in [4.69, 9.17) is 0 Å². The molecule has 5 nitrogen and oxygen atoms in total. The van der Waals surface area contributed by atoms with Gasteiger partial charge in [-0.25, -0.2) is 9.69 Å². The Morgan fingerprint density at radius 1 is 1.18 bits per heavy atom. The van der Waals surface area contributed by atoms with E-state index in [9.17, 15) is 9.59 Å². The van der Waals surface area contributed by atoms with Gasteiger partial charge < -0.3 is 10.2 Å². The lowest BCUT2D eigenvalue weighted by molar-refractivity contribution is -0.120. The van der Waals surface area contributed by atoms with Crippen LogP contribution >= 0.6 is 0 Å². The van der Waals surface area contributed by atoms with Gasteiger partial charge in [0.15, 0.2) is 0 Å². The predicted octanol–water partition coefficient (Wildman–Crippen LogP) is 2.39. The molecule has 5 heteroatoms. The van der Waals surface area contributed by atoms with Crippen LogP contribution in [0.5, 0.6) is 0 Å². The molecule has 0 radical (unpaired) electrons. The zero-order valence-corrected chi connectivity index (χ0v) is 13.3. The van der Waals surface area contributed by atoms with Gasteiger partial charge in [-0.15, -0.1) is 0 Å². The smallest absolute Gasteiger partial charge is 0.329 e. The number of anilines is 2. The lowest BCUT2D eigenvalue weighted by Gasteiger charge is -2.38. The second-order valence-electron chi connectivity index (χ2n) is 7.39. The van der Waals surface area contributed by atoms with Gasteiger partial charge in [0, 0.05) is 24.7 Å². The first-order chi connectivity index (χ1) is 10.3. The minimum absolute atomic E-state index is 0.198. The first-order valence-electron chi connectivity index (χ1n) is 7.86. The van der Waals surface area contributed by atoms with Gasteiger partial charge in [-0.2, -0.15) is 0 Å². The lowest BCUT2D eigenvalue weighted by atomic mass is 9.66. The minimum atomic E-state index is -0.836. The number of imide groups is 1. The van der Waals surface area contributed by atoms with Crippen LogP contribution in [0.3, 0.4) is 0 Å². The van der Waals surface area contributed by atoms with Crippen LogP contribution in [-0.4, -0.2) is 31.1 Å². The third-order valence-electron chi connectivity index (χ3n) is 5.43. The third kappa shape index (κ3) is 1.59. The molecule has 1 N–H and O–H groups in total. The van der Waals surface area contributed by atoms with Crippen molar-refractivity contribution in [2.24, 2.45) is 0 Å². The molecule has 3 aliphatic rings. The Balaban J connectivity index is 1.75. The van der Waals surface area contributed by atoms with Gasteiger partial charge in [-0.1, -0.05) is 12.5 Å². The van der Waals surface area contributed by atoms with Crippen LogP contribution in [0.2, 0.25) is 0 Å². The number of carbonyl (C=O) groups excluding carboxylic acids is 2. The fraction of sp³-hybridized carbons (Fsp3) is 0.529. The minimum Gasteiger partial charge on any atom is -0.373 e. The van der Waals surface area contributed by atoms with E-state index in [2.05, 4.69) is 23.3 Å². The maximum absolute atomic E-state index is 12.4. The first kappa shape index (κ1) is 13.6. The van der Waals surface area contributed by atoms with Crippen LogP contribution in [0, 0.1) is 0 Å². The summed E-state index contributed by atoms with van der Waals surface area (Å²) < 4.78 is 0. The summed E-state index contributed by atoms with van der Waals surface area (Å²) in [4.78, 5) is 28.1. The highest BCUT2D eigenvalue weighted by atomic mass is 16.2. The van der Waals surface area contributed by atoms with Gasteiger partial charge in [0.2, 0.25) is 0 Å². The van der Waals surface area contributed by atoms with E-state index in [1.165, 1.54) is 29.7 Å². The Bertz CT molecular complexity index is 691. The van der Waals surface area contributed by atoms with Crippen molar-refractivity contribution in [3.05, 3.63) is 23.8 Å². The normalized spacial score (nSPS) is 24.5. The van der Waals surface area contributed by atoms with Gasteiger partial charge in [0.05, 0.1) is 5.69 Å². The molecule has 116 valence electrons. The monoisotopic (exact) mass is 299 g/mol. The molecule has 0 bridgehead atoms. The number of hydrogen-bond donors (Lipinski definition) is 1. The van der Waals surface area contributed by atoms with Crippen LogP contribution in [0.1, 0.15) is 38.7 Å². The molecule has 2 heterocycles. The SMILES string of the molecule is CN1CC2(CCC2)c2ccc(N3C(=O)NC(C)(C)C3=O)cc21. The molecule has 2 fully saturated rings. The van der Waals surface area contributed by atoms with E-state index in [1.54, 1.807) is 13.8 Å². The summed E-state index contributed by atoms with van der Waals surface area (Å²) in [5, 5.41) is 2.73. The zero-order chi connectivity index (χ0) is 15.7. The summed E-state index contributed by atoms with van der Waals surface area (Å²) in [6.07, 6.45) is 3.76. The second kappa shape index (κ2) is 4.03. The van der Waals surface area contributed by atoms with Crippen molar-refractivity contribution in [1.82, 2.24) is 5.32 Å². The summed E-state index contributed by atoms with van der Waals surface area (Å²) >= 11 is 0. The number of benzene rings is 1. The first-order valence-corrected chi connectivity index (χ1v) is 7.86. The number of nitrogens with one attached hydrogen (secondary N) is 1. The second-order valence-corrected chi connectivity index (χ2v) is 7.39. The molecular weight excluding hydrogens is 278 g/mol. The fourth-order valence-electron chi connectivity index (χ4n) is 4.06. The van der Waals surface area contributed by atoms with E-state index >= 15 is 0 Å². The van der Waals surface area contributed by atoms with Crippen LogP contribution in [-0.2, 0) is 10.2 Å². The van der Waals surface area contributed by atoms with Crippen molar-refractivity contribution in [3.63, 3.8) is 0 Å². The molecule has 1 spiro atoms. The van der Waals surface area contributed by atoms with Gasteiger partial charge in [-0.05, 0) is 44.4 Å². The lowest BCUT2D eigenvalue weighted by Crippen LogP contribution is -2.40. The quantitative estimate of drug-likeness (QED) is 0.810. The topological polar surface area (TPSA) is 52.6 Å². The van der Waals surface area contributed by atoms with Gasteiger partial charge in [0.1, 0.15) is 5.54 Å². The van der Waals surface area contributed by atoms with Crippen molar-refractivity contribution >= 4 is 23.3 Å². The van der Waals surface area contributed by atoms with Gasteiger partial charge >= 0.3 is 6.03 Å². The number of carbonyl (C=O) groups is 2. The van der Waals surface area contributed by atoms with Gasteiger partial charge in [0.25, 0.3) is 5.91 Å². The van der Waals surface area contributed by atoms with Crippen LogP contribution in [0.25, 0.3) is 0 Å². The maximum Gasteiger partial charge on any atom is 0.329 e. The van der Waals surface area contributed by atoms with Crippen molar-refractivity contribution < 1.29 is 9.59 Å². The number of amides is 3. The van der Waals surface area contributed by atoms with Crippen molar-refractivity contribution in [2.75, 3.05) is 23.4 Å². The van der Waals surface area contributed by atoms with Crippen LogP contribution < -0.4 is 15.1 Å². The molecule has 3 amide bonds. The number of fused-ring (bicyclic) bond motifs is 2. The van der Waals surface area contributed by atoms with E-state index in [-0.39, 0.29) is 11.9 Å². The Labute approximate surface area is 130 Å². The third-order valence-corrected chi connectivity index (χ3v) is 5.43. The number of rotatable bonds is 1. The molecule has 0 atom stereocenters. The highest BCUT2D eigenvalue weighted by Gasteiger charge is 2.48. The number of nitrogens with zero attached hydrogens (tertiary/aromatic N) is 2. The average Bonchev–Trinajstić information content (AvgIpc) is 2.81. The molecule has 2 aliphatic heterocycles. The maximum atomic E-state index is 12.4. The van der Waals surface area contributed by atoms with Crippen LogP contribution in [0.4, 0.5) is 16.2 Å². The highest BCUT2D eigenvalue weighted by Crippen LogP contribution is 2.52. The van der Waals surface area contributed by atoms with E-state index < -0.39 is 5.54 Å². The fourth-order valence-corrected chi connectivity index (χ4v) is 4.06. The standard InChI is InChI=1S/C17H21N3O2/c1-16(2)14(21)20(15(22)18-16)11-5-6-12-13(9-11)19(3)10-17(12)7-4-8-17/h5-6,9H,4,7-8,10H2,1-3H3,(H,18,22). The summed E-state index contributed by atoms with van der Waals surface area (Å²) in [5.41, 5.74) is 2.66. The Morgan fingerprint density at radius 2 is 1.91 bits per heavy atom. The molecule has 22 heavy (non-hydrogen) atoms. The van der Waals surface area contributed by atoms with E-state index in [1.807, 2.05) is 12.1 Å². The molecule has 1 saturated carbocycles. The summed E-state index contributed by atoms with van der Waals surface area (Å²) in [7, 11) is 2.09. The predicted molar refractivity (Wildman–Crippen MR) is 85.3 cm³/mol. The molecule has 0 aromatic heterocycles. The molecule has 0 unspecified atom stereocenters. The molecule has 1 aromatic rings. The number of hydrogen-bond acceptors (Lipinski definition) is 3. The summed E-state index contributed by atoms with van der Waals surface area (Å²) in [6, 6.07) is 5.67. The van der Waals surface area contributed by atoms with Crippen LogP contribution in [0.15, 0.2) is 18.2 Å². The van der Waals surface area contributed by atoms with E-state index in [0.29, 0.717) is 11.1 Å². The highest BCUT2D eigenvalue weighted by molar-refractivity contribution is 6.23. The van der Waals surface area contributed by atoms with Crippen molar-refractivity contribution in [3.8, 4) is 0 Å². The molecule has 1 saturated heterocycles. The molecule has 4 rings (SSSR count). The summed E-state index contributed by atoms with van der Waals surface area (Å²) in [6.45, 7) is 4.50. The Hall–Kier alpha value is -2.04. The Kier molecular flexibility index (Phi) is 2.49. The largest absolute Gasteiger partial charge is 0.373 e. The Morgan fingerprint density at radius 3 is 2.45 bits per heavy atom. The molecular formula is C17H21N3O2. The summed E-state index contributed by atoms with van der Waals surface area (Å²) in [5.74, 6) is -0.198. The van der Waals surface area contributed by atoms with Crippen molar-refractivity contribution in [2.45, 2.75) is 44.1 Å². The van der Waals surface area contributed by atoms with Crippen molar-refractivity contribution in [1.29, 1.82) is 0 Å². The van der Waals surface area contributed by atoms with Gasteiger partial charge in [-0.3, -0.25) is 4.79 Å². The number of likely N-dealkylation sites (N-methyl/N-ethyl adjacent to an activating group) is 1. The number of urea groups is 1. The molecule has 1 aliphatic carbocycles. The average molecular weight is 299 g/mol. The van der Waals surface area contributed by atoms with E-state index in [0.717, 1.165) is 12.2 Å². The zero-order valence-electron chi connectivity index (χ0n) is 13.3. The molecule has 1 aromatic carbocycles.